The first-order valence-corrected chi connectivity index (χ1v) is 9.91. The quantitative estimate of drug-likeness (QED) is 0.550. The normalized spacial score (nSPS) is 16.2. The molecule has 3 rings (SSSR count). The van der Waals surface area contributed by atoms with Crippen LogP contribution in [0.2, 0.25) is 10.0 Å². The van der Waals surface area contributed by atoms with Crippen LogP contribution in [0.4, 0.5) is 17.6 Å². The van der Waals surface area contributed by atoms with Gasteiger partial charge in [0.15, 0.2) is 0 Å². The van der Waals surface area contributed by atoms with Crippen molar-refractivity contribution in [3.8, 4) is 11.5 Å². The van der Waals surface area contributed by atoms with E-state index in [1.54, 1.807) is 0 Å². The molecular formula is C20H15Cl2F4NO5. The summed E-state index contributed by atoms with van der Waals surface area (Å²) in [5.74, 6) is -3.41. The molecule has 0 saturated carbocycles. The first kappa shape index (κ1) is 23.9. The van der Waals surface area contributed by atoms with Crippen LogP contribution in [0.25, 0.3) is 0 Å². The summed E-state index contributed by atoms with van der Waals surface area (Å²) in [5, 5.41) is 8.85. The van der Waals surface area contributed by atoms with Crippen LogP contribution in [-0.4, -0.2) is 40.8 Å². The van der Waals surface area contributed by atoms with E-state index in [4.69, 9.17) is 27.9 Å². The zero-order valence-electron chi connectivity index (χ0n) is 16.1. The van der Waals surface area contributed by atoms with E-state index in [1.807, 2.05) is 0 Å². The maximum Gasteiger partial charge on any atom is 0.573 e. The van der Waals surface area contributed by atoms with E-state index < -0.39 is 35.8 Å². The summed E-state index contributed by atoms with van der Waals surface area (Å²) in [6, 6.07) is 4.26. The molecule has 172 valence electrons. The highest BCUT2D eigenvalue weighted by atomic mass is 35.5. The minimum absolute atomic E-state index is 0.0102. The number of aliphatic carboxylic acids is 1. The Kier molecular flexibility index (Phi) is 7.04. The molecule has 2 aromatic carbocycles. The van der Waals surface area contributed by atoms with Gasteiger partial charge in [-0.2, -0.15) is 0 Å². The molecule has 6 nitrogen and oxygen atoms in total. The summed E-state index contributed by atoms with van der Waals surface area (Å²) in [5.41, 5.74) is -0.215. The lowest BCUT2D eigenvalue weighted by atomic mass is 10.1. The number of benzene rings is 2. The van der Waals surface area contributed by atoms with Crippen LogP contribution in [0.15, 0.2) is 30.3 Å². The maximum absolute atomic E-state index is 14.6. The number of halogens is 6. The van der Waals surface area contributed by atoms with Gasteiger partial charge in [0.05, 0.1) is 10.6 Å². The molecule has 0 unspecified atom stereocenters. The second-order valence-electron chi connectivity index (χ2n) is 6.85. The number of ether oxygens (including phenoxy) is 2. The van der Waals surface area contributed by atoms with E-state index in [2.05, 4.69) is 4.74 Å². The zero-order valence-corrected chi connectivity index (χ0v) is 17.6. The van der Waals surface area contributed by atoms with E-state index in [0.29, 0.717) is 6.42 Å². The van der Waals surface area contributed by atoms with E-state index in [-0.39, 0.29) is 46.5 Å². The number of amides is 1. The van der Waals surface area contributed by atoms with Crippen molar-refractivity contribution in [2.75, 3.05) is 6.54 Å². The van der Waals surface area contributed by atoms with Gasteiger partial charge in [0.25, 0.3) is 5.91 Å². The Bertz CT molecular complexity index is 1050. The maximum atomic E-state index is 14.6. The van der Waals surface area contributed by atoms with Crippen molar-refractivity contribution in [3.05, 3.63) is 57.3 Å². The lowest BCUT2D eigenvalue weighted by Gasteiger charge is -2.22. The smallest absolute Gasteiger partial charge is 0.489 e. The van der Waals surface area contributed by atoms with Crippen LogP contribution >= 0.6 is 23.2 Å². The van der Waals surface area contributed by atoms with E-state index in [0.717, 1.165) is 29.2 Å². The molecular weight excluding hydrogens is 481 g/mol. The van der Waals surface area contributed by atoms with Gasteiger partial charge in [0.1, 0.15) is 30.0 Å². The largest absolute Gasteiger partial charge is 0.573 e. The van der Waals surface area contributed by atoms with Crippen molar-refractivity contribution in [1.29, 1.82) is 0 Å². The Labute approximate surface area is 189 Å². The van der Waals surface area contributed by atoms with Gasteiger partial charge in [-0.15, -0.1) is 13.2 Å². The lowest BCUT2D eigenvalue weighted by molar-refractivity contribution is -0.274. The standard InChI is InChI=1S/C20H15Cl2F4NO5/c21-13-8-12(18(28)27-5-1-2-16(27)19(29)30)15(23)6-10(13)9-31-11-3-4-17(14(22)7-11)32-20(24,25)26/h3-4,6-8,16H,1-2,5,9H2,(H,29,30)/t16-/m0/s1. The Morgan fingerprint density at radius 3 is 2.50 bits per heavy atom. The topological polar surface area (TPSA) is 76.1 Å². The van der Waals surface area contributed by atoms with Crippen molar-refractivity contribution in [2.24, 2.45) is 0 Å². The second kappa shape index (κ2) is 9.41. The summed E-state index contributed by atoms with van der Waals surface area (Å²) in [7, 11) is 0. The third kappa shape index (κ3) is 5.55. The summed E-state index contributed by atoms with van der Waals surface area (Å²) in [6.07, 6.45) is -4.15. The third-order valence-corrected chi connectivity index (χ3v) is 5.34. The van der Waals surface area contributed by atoms with Crippen LogP contribution in [0.5, 0.6) is 11.5 Å². The fraction of sp³-hybridized carbons (Fsp3) is 0.300. The SMILES string of the molecule is O=C(O)[C@@H]1CCCN1C(=O)c1cc(Cl)c(COc2ccc(OC(F)(F)F)c(Cl)c2)cc1F. The molecule has 1 saturated heterocycles. The number of likely N-dealkylation sites (tertiary alicyclic amines) is 1. The minimum atomic E-state index is -4.91. The van der Waals surface area contributed by atoms with E-state index >= 15 is 0 Å². The van der Waals surface area contributed by atoms with Crippen LogP contribution in [-0.2, 0) is 11.4 Å². The number of hydrogen-bond acceptors (Lipinski definition) is 4. The summed E-state index contributed by atoms with van der Waals surface area (Å²) < 4.78 is 60.7. The van der Waals surface area contributed by atoms with Crippen molar-refractivity contribution in [2.45, 2.75) is 31.9 Å². The number of carbonyl (C=O) groups is 2. The number of nitrogens with zero attached hydrogens (tertiary/aromatic N) is 1. The lowest BCUT2D eigenvalue weighted by Crippen LogP contribution is -2.40. The van der Waals surface area contributed by atoms with Gasteiger partial charge in [-0.1, -0.05) is 23.2 Å². The van der Waals surface area contributed by atoms with Crippen LogP contribution in [0, 0.1) is 5.82 Å². The van der Waals surface area contributed by atoms with Gasteiger partial charge < -0.3 is 19.5 Å². The Balaban J connectivity index is 1.73. The van der Waals surface area contributed by atoms with Crippen LogP contribution in [0.3, 0.4) is 0 Å². The van der Waals surface area contributed by atoms with E-state index in [1.165, 1.54) is 6.07 Å². The summed E-state index contributed by atoms with van der Waals surface area (Å²) >= 11 is 11.9. The molecule has 1 atom stereocenters. The Morgan fingerprint density at radius 2 is 1.88 bits per heavy atom. The highest BCUT2D eigenvalue weighted by Gasteiger charge is 2.35. The number of hydrogen-bond donors (Lipinski definition) is 1. The molecule has 1 amide bonds. The molecule has 0 aromatic heterocycles. The number of alkyl halides is 3. The molecule has 1 N–H and O–H groups in total. The average molecular weight is 496 g/mol. The molecule has 1 heterocycles. The van der Waals surface area contributed by atoms with Crippen molar-refractivity contribution < 1.29 is 41.7 Å². The number of carboxylic acids is 1. The van der Waals surface area contributed by atoms with Gasteiger partial charge in [-0.05, 0) is 37.1 Å². The molecule has 0 radical (unpaired) electrons. The molecule has 32 heavy (non-hydrogen) atoms. The van der Waals surface area contributed by atoms with Crippen molar-refractivity contribution >= 4 is 35.1 Å². The highest BCUT2D eigenvalue weighted by Crippen LogP contribution is 2.33. The van der Waals surface area contributed by atoms with Crippen molar-refractivity contribution in [3.63, 3.8) is 0 Å². The van der Waals surface area contributed by atoms with Gasteiger partial charge in [-0.25, -0.2) is 9.18 Å². The second-order valence-corrected chi connectivity index (χ2v) is 7.66. The molecule has 1 aliphatic heterocycles. The highest BCUT2D eigenvalue weighted by molar-refractivity contribution is 6.32. The summed E-state index contributed by atoms with van der Waals surface area (Å²) in [6.45, 7) is -0.0893. The predicted octanol–water partition coefficient (Wildman–Crippen LogP) is 5.30. The number of carbonyl (C=O) groups excluding carboxylic acids is 1. The molecule has 2 aromatic rings. The molecule has 0 spiro atoms. The zero-order chi connectivity index (χ0) is 23.6. The van der Waals surface area contributed by atoms with Gasteiger partial charge >= 0.3 is 12.3 Å². The van der Waals surface area contributed by atoms with Gasteiger partial charge in [-0.3, -0.25) is 4.79 Å². The van der Waals surface area contributed by atoms with Crippen LogP contribution in [0.1, 0.15) is 28.8 Å². The molecule has 1 aliphatic rings. The fourth-order valence-electron chi connectivity index (χ4n) is 3.22. The molecule has 0 aliphatic carbocycles. The van der Waals surface area contributed by atoms with Crippen LogP contribution < -0.4 is 9.47 Å². The minimum Gasteiger partial charge on any atom is -0.489 e. The predicted molar refractivity (Wildman–Crippen MR) is 106 cm³/mol. The summed E-state index contributed by atoms with van der Waals surface area (Å²) in [4.78, 5) is 25.0. The number of rotatable bonds is 6. The van der Waals surface area contributed by atoms with E-state index in [9.17, 15) is 32.3 Å². The molecule has 0 bridgehead atoms. The first-order chi connectivity index (χ1) is 15.0. The van der Waals surface area contributed by atoms with Gasteiger partial charge in [0, 0.05) is 23.2 Å². The molecule has 1 fully saturated rings. The van der Waals surface area contributed by atoms with Gasteiger partial charge in [0.2, 0.25) is 0 Å². The molecule has 12 heteroatoms. The monoisotopic (exact) mass is 495 g/mol. The fourth-order valence-corrected chi connectivity index (χ4v) is 3.65. The Morgan fingerprint density at radius 1 is 1.16 bits per heavy atom. The first-order valence-electron chi connectivity index (χ1n) is 9.16. The van der Waals surface area contributed by atoms with Crippen molar-refractivity contribution in [1.82, 2.24) is 4.90 Å². The number of carboxylic acid groups (broad SMARTS) is 1. The third-order valence-electron chi connectivity index (χ3n) is 4.69. The Hall–Kier alpha value is -2.72. The average Bonchev–Trinajstić information content (AvgIpc) is 3.19.